The second-order valence-corrected chi connectivity index (χ2v) is 8.05. The highest BCUT2D eigenvalue weighted by Gasteiger charge is 2.34. The standard InChI is InChI=1S/C22H46N/c1-4-7-8-9-10-11-12-13-14-18-21-23(5-2,6-3)22-19-16-15-17-20-22/h22H,4-21H2,1-3H3/q+1. The molecule has 0 unspecified atom stereocenters. The van der Waals surface area contributed by atoms with E-state index in [0.29, 0.717) is 0 Å². The van der Waals surface area contributed by atoms with E-state index in [9.17, 15) is 0 Å². The number of nitrogens with zero attached hydrogens (tertiary/aromatic N) is 1. The molecule has 1 aliphatic rings. The lowest BCUT2D eigenvalue weighted by molar-refractivity contribution is -0.949. The molecular formula is C22H46N+. The van der Waals surface area contributed by atoms with Gasteiger partial charge in [-0.1, -0.05) is 64.7 Å². The van der Waals surface area contributed by atoms with Gasteiger partial charge in [-0.05, 0) is 52.4 Å². The van der Waals surface area contributed by atoms with E-state index in [-0.39, 0.29) is 0 Å². The van der Waals surface area contributed by atoms with Crippen LogP contribution < -0.4 is 0 Å². The maximum Gasteiger partial charge on any atom is 0.0890 e. The molecule has 0 aliphatic heterocycles. The minimum absolute atomic E-state index is 0.984. The van der Waals surface area contributed by atoms with Gasteiger partial charge in [0.15, 0.2) is 0 Å². The number of quaternary nitrogens is 1. The van der Waals surface area contributed by atoms with Crippen LogP contribution in [0.3, 0.4) is 0 Å². The summed E-state index contributed by atoms with van der Waals surface area (Å²) in [7, 11) is 0. The van der Waals surface area contributed by atoms with E-state index in [4.69, 9.17) is 0 Å². The van der Waals surface area contributed by atoms with Crippen molar-refractivity contribution >= 4 is 0 Å². The van der Waals surface area contributed by atoms with Crippen molar-refractivity contribution in [2.45, 2.75) is 123 Å². The van der Waals surface area contributed by atoms with E-state index in [1.54, 1.807) is 0 Å². The molecule has 0 heterocycles. The van der Waals surface area contributed by atoms with Gasteiger partial charge in [0.25, 0.3) is 0 Å². The predicted molar refractivity (Wildman–Crippen MR) is 105 cm³/mol. The van der Waals surface area contributed by atoms with Gasteiger partial charge in [-0.3, -0.25) is 0 Å². The summed E-state index contributed by atoms with van der Waals surface area (Å²) in [6.07, 6.45) is 22.1. The topological polar surface area (TPSA) is 0 Å². The summed E-state index contributed by atoms with van der Waals surface area (Å²) in [6.45, 7) is 11.4. The van der Waals surface area contributed by atoms with Crippen molar-refractivity contribution in [3.8, 4) is 0 Å². The molecule has 0 radical (unpaired) electrons. The number of hydrogen-bond acceptors (Lipinski definition) is 0. The molecule has 23 heavy (non-hydrogen) atoms. The van der Waals surface area contributed by atoms with Crippen LogP contribution >= 0.6 is 0 Å². The lowest BCUT2D eigenvalue weighted by Gasteiger charge is -2.45. The van der Waals surface area contributed by atoms with E-state index in [1.165, 1.54) is 120 Å². The molecule has 138 valence electrons. The van der Waals surface area contributed by atoms with Crippen LogP contribution in [0.2, 0.25) is 0 Å². The predicted octanol–water partition coefficient (Wildman–Crippen LogP) is 7.10. The van der Waals surface area contributed by atoms with E-state index in [1.807, 2.05) is 0 Å². The largest absolute Gasteiger partial charge is 0.322 e. The van der Waals surface area contributed by atoms with Gasteiger partial charge in [0.2, 0.25) is 0 Å². The zero-order chi connectivity index (χ0) is 16.8. The van der Waals surface area contributed by atoms with Crippen molar-refractivity contribution in [2.75, 3.05) is 19.6 Å². The fourth-order valence-electron chi connectivity index (χ4n) is 4.78. The van der Waals surface area contributed by atoms with E-state index in [2.05, 4.69) is 20.8 Å². The van der Waals surface area contributed by atoms with Gasteiger partial charge in [0.05, 0.1) is 25.7 Å². The molecule has 0 saturated heterocycles. The molecule has 0 amide bonds. The van der Waals surface area contributed by atoms with Crippen LogP contribution in [-0.2, 0) is 0 Å². The Kier molecular flexibility index (Phi) is 12.1. The van der Waals surface area contributed by atoms with Crippen LogP contribution in [0, 0.1) is 0 Å². The summed E-state index contributed by atoms with van der Waals surface area (Å²) in [5, 5.41) is 0. The highest BCUT2D eigenvalue weighted by molar-refractivity contribution is 4.67. The fourth-order valence-corrected chi connectivity index (χ4v) is 4.78. The lowest BCUT2D eigenvalue weighted by Crippen LogP contribution is -2.56. The fraction of sp³-hybridized carbons (Fsp3) is 1.00. The molecule has 1 heteroatoms. The molecule has 1 rings (SSSR count). The minimum atomic E-state index is 0.984. The first kappa shape index (κ1) is 21.0. The van der Waals surface area contributed by atoms with Gasteiger partial charge in [-0.15, -0.1) is 0 Å². The monoisotopic (exact) mass is 324 g/mol. The first-order valence-electron chi connectivity index (χ1n) is 11.1. The number of rotatable bonds is 14. The van der Waals surface area contributed by atoms with Crippen molar-refractivity contribution in [1.82, 2.24) is 0 Å². The van der Waals surface area contributed by atoms with Crippen molar-refractivity contribution in [3.05, 3.63) is 0 Å². The van der Waals surface area contributed by atoms with Crippen LogP contribution in [-0.4, -0.2) is 30.2 Å². The smallest absolute Gasteiger partial charge is 0.0890 e. The first-order valence-corrected chi connectivity index (χ1v) is 11.1. The molecule has 1 saturated carbocycles. The Morgan fingerprint density at radius 2 is 1.09 bits per heavy atom. The average Bonchev–Trinajstić information content (AvgIpc) is 2.61. The highest BCUT2D eigenvalue weighted by atomic mass is 15.4. The summed E-state index contributed by atoms with van der Waals surface area (Å²) in [4.78, 5) is 0. The molecule has 0 aromatic rings. The molecule has 0 aromatic carbocycles. The molecule has 1 aliphatic carbocycles. The Balaban J connectivity index is 2.11. The minimum Gasteiger partial charge on any atom is -0.322 e. The van der Waals surface area contributed by atoms with Crippen LogP contribution in [0.5, 0.6) is 0 Å². The first-order chi connectivity index (χ1) is 11.3. The summed E-state index contributed by atoms with van der Waals surface area (Å²) in [5.74, 6) is 0. The number of hydrogen-bond donors (Lipinski definition) is 0. The van der Waals surface area contributed by atoms with Crippen molar-refractivity contribution in [2.24, 2.45) is 0 Å². The molecule has 0 aromatic heterocycles. The van der Waals surface area contributed by atoms with Crippen LogP contribution in [0.4, 0.5) is 0 Å². The Hall–Kier alpha value is -0.0400. The molecular weight excluding hydrogens is 278 g/mol. The summed E-state index contributed by atoms with van der Waals surface area (Å²) >= 11 is 0. The second kappa shape index (κ2) is 13.3. The van der Waals surface area contributed by atoms with Gasteiger partial charge in [0, 0.05) is 0 Å². The summed E-state index contributed by atoms with van der Waals surface area (Å²) < 4.78 is 1.43. The normalized spacial score (nSPS) is 16.8. The Morgan fingerprint density at radius 1 is 0.609 bits per heavy atom. The summed E-state index contributed by atoms with van der Waals surface area (Å²) in [5.41, 5.74) is 0. The highest BCUT2D eigenvalue weighted by Crippen LogP contribution is 2.29. The van der Waals surface area contributed by atoms with E-state index in [0.717, 1.165) is 6.04 Å². The van der Waals surface area contributed by atoms with E-state index >= 15 is 0 Å². The van der Waals surface area contributed by atoms with Crippen molar-refractivity contribution < 1.29 is 4.48 Å². The van der Waals surface area contributed by atoms with Gasteiger partial charge in [0.1, 0.15) is 0 Å². The molecule has 0 atom stereocenters. The quantitative estimate of drug-likeness (QED) is 0.236. The second-order valence-electron chi connectivity index (χ2n) is 8.05. The molecule has 0 spiro atoms. The third-order valence-corrected chi connectivity index (χ3v) is 6.57. The summed E-state index contributed by atoms with van der Waals surface area (Å²) in [6, 6.07) is 0.984. The van der Waals surface area contributed by atoms with Crippen LogP contribution in [0.15, 0.2) is 0 Å². The van der Waals surface area contributed by atoms with Crippen LogP contribution in [0.1, 0.15) is 117 Å². The van der Waals surface area contributed by atoms with Crippen LogP contribution in [0.25, 0.3) is 0 Å². The van der Waals surface area contributed by atoms with Gasteiger partial charge >= 0.3 is 0 Å². The van der Waals surface area contributed by atoms with E-state index < -0.39 is 0 Å². The average molecular weight is 325 g/mol. The molecule has 0 bridgehead atoms. The van der Waals surface area contributed by atoms with Gasteiger partial charge < -0.3 is 4.48 Å². The maximum absolute atomic E-state index is 2.44. The number of unbranched alkanes of at least 4 members (excludes halogenated alkanes) is 9. The van der Waals surface area contributed by atoms with Gasteiger partial charge in [-0.2, -0.15) is 0 Å². The molecule has 1 fully saturated rings. The van der Waals surface area contributed by atoms with Crippen molar-refractivity contribution in [3.63, 3.8) is 0 Å². The zero-order valence-corrected chi connectivity index (χ0v) is 16.8. The lowest BCUT2D eigenvalue weighted by atomic mass is 9.91. The Morgan fingerprint density at radius 3 is 1.57 bits per heavy atom. The van der Waals surface area contributed by atoms with Gasteiger partial charge in [-0.25, -0.2) is 0 Å². The molecule has 1 nitrogen and oxygen atoms in total. The maximum atomic E-state index is 2.44. The Labute approximate surface area is 147 Å². The third kappa shape index (κ3) is 8.05. The Bertz CT molecular complexity index is 251. The SMILES string of the molecule is CCCCCCCCCCCC[N+](CC)(CC)C1CCCCC1. The van der Waals surface area contributed by atoms with Crippen molar-refractivity contribution in [1.29, 1.82) is 0 Å². The molecule has 0 N–H and O–H groups in total. The zero-order valence-electron chi connectivity index (χ0n) is 16.8. The third-order valence-electron chi connectivity index (χ3n) is 6.57.